The first-order valence-corrected chi connectivity index (χ1v) is 7.88. The monoisotopic (exact) mass is 290 g/mol. The number of thiazole rings is 1. The van der Waals surface area contributed by atoms with Crippen molar-refractivity contribution in [3.8, 4) is 16.3 Å². The molecule has 1 heterocycles. The molecule has 0 saturated carbocycles. The van der Waals surface area contributed by atoms with Crippen LogP contribution in [0.25, 0.3) is 10.6 Å². The molecule has 0 aliphatic rings. The highest BCUT2D eigenvalue weighted by Gasteiger charge is 2.15. The van der Waals surface area contributed by atoms with Gasteiger partial charge in [0.05, 0.1) is 17.9 Å². The summed E-state index contributed by atoms with van der Waals surface area (Å²) in [5, 5.41) is 1.00. The van der Waals surface area contributed by atoms with Crippen molar-refractivity contribution in [2.24, 2.45) is 11.7 Å². The summed E-state index contributed by atoms with van der Waals surface area (Å²) in [5.41, 5.74) is 8.05. The van der Waals surface area contributed by atoms with Gasteiger partial charge in [0.25, 0.3) is 0 Å². The van der Waals surface area contributed by atoms with Crippen molar-refractivity contribution in [2.45, 2.75) is 33.7 Å². The number of rotatable bonds is 6. The zero-order valence-corrected chi connectivity index (χ0v) is 13.2. The minimum atomic E-state index is 0.552. The van der Waals surface area contributed by atoms with Crippen LogP contribution in [0.1, 0.15) is 31.3 Å². The third kappa shape index (κ3) is 3.38. The molecule has 0 unspecified atom stereocenters. The molecule has 0 saturated heterocycles. The summed E-state index contributed by atoms with van der Waals surface area (Å²) >= 11 is 1.68. The Hall–Kier alpha value is -1.39. The minimum absolute atomic E-state index is 0.552. The second-order valence-electron chi connectivity index (χ2n) is 5.12. The molecule has 0 atom stereocenters. The summed E-state index contributed by atoms with van der Waals surface area (Å²) in [5.74, 6) is 1.47. The lowest BCUT2D eigenvalue weighted by molar-refractivity contribution is 0.341. The Balaban J connectivity index is 2.40. The van der Waals surface area contributed by atoms with Gasteiger partial charge in [-0.05, 0) is 31.4 Å². The number of nitrogens with zero attached hydrogens (tertiary/aromatic N) is 1. The maximum Gasteiger partial charge on any atom is 0.129 e. The lowest BCUT2D eigenvalue weighted by Crippen LogP contribution is -2.02. The zero-order valence-electron chi connectivity index (χ0n) is 12.3. The van der Waals surface area contributed by atoms with E-state index in [9.17, 15) is 0 Å². The molecule has 2 aromatic rings. The predicted molar refractivity (Wildman–Crippen MR) is 85.2 cm³/mol. The first-order valence-electron chi connectivity index (χ1n) is 7.06. The third-order valence-corrected chi connectivity index (χ3v) is 4.14. The summed E-state index contributed by atoms with van der Waals surface area (Å²) in [7, 11) is 0. The standard InChI is InChI=1S/C16H22N2OS/c1-4-19-14-8-6-5-7-12(14)16-18-13(9-11(2)3)15(10-17)20-16/h5-8,11H,4,9-10,17H2,1-3H3. The van der Waals surface area contributed by atoms with E-state index in [2.05, 4.69) is 19.9 Å². The molecule has 20 heavy (non-hydrogen) atoms. The molecule has 108 valence electrons. The van der Waals surface area contributed by atoms with Crippen LogP contribution in [0.2, 0.25) is 0 Å². The summed E-state index contributed by atoms with van der Waals surface area (Å²) in [6.07, 6.45) is 0.972. The zero-order chi connectivity index (χ0) is 14.5. The lowest BCUT2D eigenvalue weighted by atomic mass is 10.1. The van der Waals surface area contributed by atoms with Crippen molar-refractivity contribution in [2.75, 3.05) is 6.61 Å². The van der Waals surface area contributed by atoms with Gasteiger partial charge < -0.3 is 10.5 Å². The SMILES string of the molecule is CCOc1ccccc1-c1nc(CC(C)C)c(CN)s1. The molecule has 0 spiro atoms. The van der Waals surface area contributed by atoms with Gasteiger partial charge >= 0.3 is 0 Å². The van der Waals surface area contributed by atoms with Gasteiger partial charge in [-0.1, -0.05) is 26.0 Å². The van der Waals surface area contributed by atoms with E-state index in [1.165, 1.54) is 4.88 Å². The average Bonchev–Trinajstić information content (AvgIpc) is 2.82. The van der Waals surface area contributed by atoms with Gasteiger partial charge in [0, 0.05) is 11.4 Å². The Bertz CT molecular complexity index is 563. The molecule has 0 radical (unpaired) electrons. The highest BCUT2D eigenvalue weighted by molar-refractivity contribution is 7.15. The van der Waals surface area contributed by atoms with E-state index in [1.807, 2.05) is 25.1 Å². The van der Waals surface area contributed by atoms with Crippen LogP contribution in [0.15, 0.2) is 24.3 Å². The van der Waals surface area contributed by atoms with Gasteiger partial charge in [-0.25, -0.2) is 4.98 Å². The maximum atomic E-state index is 5.85. The van der Waals surface area contributed by atoms with E-state index in [4.69, 9.17) is 15.5 Å². The largest absolute Gasteiger partial charge is 0.493 e. The second-order valence-corrected chi connectivity index (χ2v) is 6.20. The molecular weight excluding hydrogens is 268 g/mol. The van der Waals surface area contributed by atoms with Crippen LogP contribution in [0.5, 0.6) is 5.75 Å². The molecular formula is C16H22N2OS. The van der Waals surface area contributed by atoms with Gasteiger partial charge in [0.2, 0.25) is 0 Å². The molecule has 4 heteroatoms. The molecule has 0 aliphatic carbocycles. The topological polar surface area (TPSA) is 48.1 Å². The van der Waals surface area contributed by atoms with Crippen molar-refractivity contribution in [3.63, 3.8) is 0 Å². The Kier molecular flexibility index (Phi) is 5.15. The van der Waals surface area contributed by atoms with E-state index in [0.29, 0.717) is 19.1 Å². The van der Waals surface area contributed by atoms with Gasteiger partial charge in [-0.3, -0.25) is 0 Å². The van der Waals surface area contributed by atoms with E-state index in [0.717, 1.165) is 28.4 Å². The van der Waals surface area contributed by atoms with Gasteiger partial charge in [-0.2, -0.15) is 0 Å². The number of para-hydroxylation sites is 1. The number of nitrogens with two attached hydrogens (primary N) is 1. The Morgan fingerprint density at radius 1 is 1.30 bits per heavy atom. The normalized spacial score (nSPS) is 11.1. The Morgan fingerprint density at radius 2 is 2.05 bits per heavy atom. The highest BCUT2D eigenvalue weighted by Crippen LogP contribution is 2.35. The highest BCUT2D eigenvalue weighted by atomic mass is 32.1. The van der Waals surface area contributed by atoms with Crippen molar-refractivity contribution in [3.05, 3.63) is 34.8 Å². The van der Waals surface area contributed by atoms with Crippen LogP contribution in [-0.2, 0) is 13.0 Å². The molecule has 0 aliphatic heterocycles. The molecule has 1 aromatic carbocycles. The van der Waals surface area contributed by atoms with E-state index >= 15 is 0 Å². The minimum Gasteiger partial charge on any atom is -0.493 e. The van der Waals surface area contributed by atoms with Crippen LogP contribution < -0.4 is 10.5 Å². The average molecular weight is 290 g/mol. The summed E-state index contributed by atoms with van der Waals surface area (Å²) in [6, 6.07) is 8.05. The first kappa shape index (κ1) is 15.0. The second kappa shape index (κ2) is 6.86. The summed E-state index contributed by atoms with van der Waals surface area (Å²) < 4.78 is 5.69. The van der Waals surface area contributed by atoms with Crippen molar-refractivity contribution >= 4 is 11.3 Å². The summed E-state index contributed by atoms with van der Waals surface area (Å²) in [4.78, 5) is 5.97. The van der Waals surface area contributed by atoms with Gasteiger partial charge in [-0.15, -0.1) is 11.3 Å². The molecule has 0 bridgehead atoms. The number of benzene rings is 1. The van der Waals surface area contributed by atoms with Crippen LogP contribution >= 0.6 is 11.3 Å². The molecule has 1 aromatic heterocycles. The summed E-state index contributed by atoms with van der Waals surface area (Å²) in [6.45, 7) is 7.61. The number of aromatic nitrogens is 1. The van der Waals surface area contributed by atoms with Crippen LogP contribution in [0, 0.1) is 5.92 Å². The Morgan fingerprint density at radius 3 is 2.70 bits per heavy atom. The van der Waals surface area contributed by atoms with E-state index < -0.39 is 0 Å². The van der Waals surface area contributed by atoms with Crippen LogP contribution in [0.4, 0.5) is 0 Å². The quantitative estimate of drug-likeness (QED) is 0.878. The Labute approximate surface area is 124 Å². The van der Waals surface area contributed by atoms with Crippen LogP contribution in [-0.4, -0.2) is 11.6 Å². The lowest BCUT2D eigenvalue weighted by Gasteiger charge is -2.07. The predicted octanol–water partition coefficient (Wildman–Crippen LogP) is 3.87. The fourth-order valence-electron chi connectivity index (χ4n) is 2.13. The van der Waals surface area contributed by atoms with Gasteiger partial charge in [0.15, 0.2) is 0 Å². The van der Waals surface area contributed by atoms with Crippen molar-refractivity contribution in [1.29, 1.82) is 0 Å². The van der Waals surface area contributed by atoms with Crippen molar-refractivity contribution < 1.29 is 4.74 Å². The van der Waals surface area contributed by atoms with E-state index in [1.54, 1.807) is 11.3 Å². The molecule has 3 nitrogen and oxygen atoms in total. The fraction of sp³-hybridized carbons (Fsp3) is 0.438. The maximum absolute atomic E-state index is 5.85. The van der Waals surface area contributed by atoms with E-state index in [-0.39, 0.29) is 0 Å². The van der Waals surface area contributed by atoms with Crippen LogP contribution in [0.3, 0.4) is 0 Å². The number of hydrogen-bond donors (Lipinski definition) is 1. The van der Waals surface area contributed by atoms with Gasteiger partial charge in [0.1, 0.15) is 10.8 Å². The number of hydrogen-bond acceptors (Lipinski definition) is 4. The smallest absolute Gasteiger partial charge is 0.129 e. The molecule has 0 fully saturated rings. The number of ether oxygens (including phenoxy) is 1. The molecule has 2 rings (SSSR count). The van der Waals surface area contributed by atoms with Crippen molar-refractivity contribution in [1.82, 2.24) is 4.98 Å². The first-order chi connectivity index (χ1) is 9.65. The molecule has 0 amide bonds. The fourth-order valence-corrected chi connectivity index (χ4v) is 3.13. The third-order valence-electron chi connectivity index (χ3n) is 2.98. The molecule has 2 N–H and O–H groups in total.